The minimum Gasteiger partial charge on any atom is -0.378 e. The van der Waals surface area contributed by atoms with Crippen LogP contribution in [0.3, 0.4) is 0 Å². The molecule has 1 aromatic heterocycles. The number of amides is 1. The molecule has 23 heavy (non-hydrogen) atoms. The molecule has 2 heterocycles. The molecule has 2 aromatic rings. The number of rotatable bonds is 4. The number of hydrogen-bond acceptors (Lipinski definition) is 3. The van der Waals surface area contributed by atoms with E-state index in [4.69, 9.17) is 16.3 Å². The van der Waals surface area contributed by atoms with Gasteiger partial charge in [0.1, 0.15) is 0 Å². The molecule has 1 aliphatic rings. The lowest BCUT2D eigenvalue weighted by molar-refractivity contribution is -0.119. The first-order valence-electron chi connectivity index (χ1n) is 7.62. The van der Waals surface area contributed by atoms with E-state index < -0.39 is 0 Å². The quantitative estimate of drug-likeness (QED) is 0.935. The van der Waals surface area contributed by atoms with Gasteiger partial charge < -0.3 is 14.6 Å². The number of aryl methyl sites for hydroxylation is 1. The van der Waals surface area contributed by atoms with Gasteiger partial charge >= 0.3 is 0 Å². The topological polar surface area (TPSA) is 46.5 Å². The van der Waals surface area contributed by atoms with Gasteiger partial charge in [0, 0.05) is 25.5 Å². The molecule has 1 amide bonds. The van der Waals surface area contributed by atoms with Crippen LogP contribution in [0.4, 0.5) is 5.69 Å². The summed E-state index contributed by atoms with van der Waals surface area (Å²) in [6, 6.07) is 11.4. The average molecular weight is 334 g/mol. The lowest BCUT2D eigenvalue weighted by Gasteiger charge is -2.35. The molecule has 1 saturated heterocycles. The van der Waals surface area contributed by atoms with E-state index in [0.29, 0.717) is 30.5 Å². The first kappa shape index (κ1) is 16.1. The van der Waals surface area contributed by atoms with Gasteiger partial charge in [-0.2, -0.15) is 0 Å². The van der Waals surface area contributed by atoms with E-state index in [0.717, 1.165) is 12.2 Å². The Bertz CT molecular complexity index is 686. The van der Waals surface area contributed by atoms with Gasteiger partial charge in [-0.3, -0.25) is 9.69 Å². The summed E-state index contributed by atoms with van der Waals surface area (Å²) in [5.74, 6) is -0.0702. The number of nitrogens with one attached hydrogen (secondary N) is 1. The second-order valence-corrected chi connectivity index (χ2v) is 6.04. The molecule has 1 N–H and O–H groups in total. The number of carbonyl (C=O) groups excluding carboxylic acids is 1. The fourth-order valence-electron chi connectivity index (χ4n) is 2.86. The second kappa shape index (κ2) is 7.17. The van der Waals surface area contributed by atoms with Crippen LogP contribution in [0.2, 0.25) is 5.02 Å². The van der Waals surface area contributed by atoms with Crippen molar-refractivity contribution in [1.82, 2.24) is 9.47 Å². The number of carbonyl (C=O) groups is 1. The van der Waals surface area contributed by atoms with Crippen molar-refractivity contribution in [3.63, 3.8) is 0 Å². The summed E-state index contributed by atoms with van der Waals surface area (Å²) in [5.41, 5.74) is 1.79. The van der Waals surface area contributed by atoms with E-state index in [2.05, 4.69) is 20.9 Å². The zero-order valence-corrected chi connectivity index (χ0v) is 13.8. The summed E-state index contributed by atoms with van der Waals surface area (Å²) in [7, 11) is 2.01. The van der Waals surface area contributed by atoms with Crippen molar-refractivity contribution in [2.75, 3.05) is 31.6 Å². The van der Waals surface area contributed by atoms with Crippen LogP contribution in [0, 0.1) is 0 Å². The summed E-state index contributed by atoms with van der Waals surface area (Å²) in [6.07, 6.45) is 2.01. The number of para-hydroxylation sites is 1. The number of nitrogens with zero attached hydrogens (tertiary/aromatic N) is 2. The SMILES string of the molecule is Cn1cccc1C1COCCN1CC(=O)Nc1ccccc1Cl. The number of anilines is 1. The first-order valence-corrected chi connectivity index (χ1v) is 8.00. The van der Waals surface area contributed by atoms with Crippen LogP contribution in [0.15, 0.2) is 42.6 Å². The van der Waals surface area contributed by atoms with Gasteiger partial charge in [0.15, 0.2) is 0 Å². The molecule has 5 nitrogen and oxygen atoms in total. The van der Waals surface area contributed by atoms with E-state index in [1.807, 2.05) is 31.4 Å². The Balaban J connectivity index is 1.68. The van der Waals surface area contributed by atoms with Crippen LogP contribution in [0.1, 0.15) is 11.7 Å². The smallest absolute Gasteiger partial charge is 0.238 e. The van der Waals surface area contributed by atoms with Crippen molar-refractivity contribution in [1.29, 1.82) is 0 Å². The van der Waals surface area contributed by atoms with Gasteiger partial charge in [-0.15, -0.1) is 0 Å². The lowest BCUT2D eigenvalue weighted by atomic mass is 10.1. The van der Waals surface area contributed by atoms with Crippen LogP contribution >= 0.6 is 11.6 Å². The summed E-state index contributed by atoms with van der Waals surface area (Å²) >= 11 is 6.09. The maximum atomic E-state index is 12.4. The fraction of sp³-hybridized carbons (Fsp3) is 0.353. The summed E-state index contributed by atoms with van der Waals surface area (Å²) in [4.78, 5) is 14.5. The fourth-order valence-corrected chi connectivity index (χ4v) is 3.04. The molecule has 0 bridgehead atoms. The Kier molecular flexibility index (Phi) is 5.00. The molecule has 1 unspecified atom stereocenters. The first-order chi connectivity index (χ1) is 11.1. The summed E-state index contributed by atoms with van der Waals surface area (Å²) in [5, 5.41) is 3.42. The molecule has 3 rings (SSSR count). The molecular weight excluding hydrogens is 314 g/mol. The zero-order valence-electron chi connectivity index (χ0n) is 13.0. The molecule has 0 aliphatic carbocycles. The number of aromatic nitrogens is 1. The maximum absolute atomic E-state index is 12.4. The Hall–Kier alpha value is -1.82. The number of benzene rings is 1. The molecule has 1 fully saturated rings. The summed E-state index contributed by atoms with van der Waals surface area (Å²) < 4.78 is 7.67. The van der Waals surface area contributed by atoms with Gasteiger partial charge in [-0.05, 0) is 24.3 Å². The predicted molar refractivity (Wildman–Crippen MR) is 90.6 cm³/mol. The number of halogens is 1. The van der Waals surface area contributed by atoms with Crippen LogP contribution in [0.25, 0.3) is 0 Å². The number of morpholine rings is 1. The zero-order chi connectivity index (χ0) is 16.2. The standard InChI is InChI=1S/C17H20ClN3O2/c1-20-8-4-7-15(20)16-12-23-10-9-21(16)11-17(22)19-14-6-3-2-5-13(14)18/h2-8,16H,9-12H2,1H3,(H,19,22). The lowest BCUT2D eigenvalue weighted by Crippen LogP contribution is -2.44. The molecule has 6 heteroatoms. The largest absolute Gasteiger partial charge is 0.378 e. The van der Waals surface area contributed by atoms with Crippen molar-refractivity contribution in [3.8, 4) is 0 Å². The van der Waals surface area contributed by atoms with E-state index in [1.165, 1.54) is 0 Å². The Morgan fingerprint density at radius 2 is 2.17 bits per heavy atom. The molecule has 1 atom stereocenters. The van der Waals surface area contributed by atoms with Gasteiger partial charge in [-0.1, -0.05) is 23.7 Å². The van der Waals surface area contributed by atoms with Gasteiger partial charge in [0.2, 0.25) is 5.91 Å². The maximum Gasteiger partial charge on any atom is 0.238 e. The number of ether oxygens (including phenoxy) is 1. The highest BCUT2D eigenvalue weighted by Crippen LogP contribution is 2.25. The van der Waals surface area contributed by atoms with Crippen LogP contribution in [-0.2, 0) is 16.6 Å². The molecule has 1 aromatic carbocycles. The normalized spacial score (nSPS) is 18.8. The van der Waals surface area contributed by atoms with Crippen LogP contribution < -0.4 is 5.32 Å². The van der Waals surface area contributed by atoms with Crippen molar-refractivity contribution < 1.29 is 9.53 Å². The van der Waals surface area contributed by atoms with Crippen molar-refractivity contribution in [3.05, 3.63) is 53.3 Å². The predicted octanol–water partition coefficient (Wildman–Crippen LogP) is 2.69. The third kappa shape index (κ3) is 3.75. The third-order valence-corrected chi connectivity index (χ3v) is 4.39. The summed E-state index contributed by atoms with van der Waals surface area (Å²) in [6.45, 7) is 2.27. The molecular formula is C17H20ClN3O2. The average Bonchev–Trinajstić information content (AvgIpc) is 2.96. The van der Waals surface area contributed by atoms with Gasteiger partial charge in [0.05, 0.1) is 36.5 Å². The van der Waals surface area contributed by atoms with E-state index >= 15 is 0 Å². The Labute approximate surface area is 140 Å². The van der Waals surface area contributed by atoms with E-state index in [-0.39, 0.29) is 11.9 Å². The van der Waals surface area contributed by atoms with Crippen molar-refractivity contribution >= 4 is 23.2 Å². The minimum absolute atomic E-state index is 0.0702. The molecule has 0 saturated carbocycles. The highest BCUT2D eigenvalue weighted by molar-refractivity contribution is 6.33. The molecule has 122 valence electrons. The van der Waals surface area contributed by atoms with Gasteiger partial charge in [-0.25, -0.2) is 0 Å². The Morgan fingerprint density at radius 1 is 1.35 bits per heavy atom. The second-order valence-electron chi connectivity index (χ2n) is 5.63. The minimum atomic E-state index is -0.0702. The van der Waals surface area contributed by atoms with E-state index in [9.17, 15) is 4.79 Å². The Morgan fingerprint density at radius 3 is 2.91 bits per heavy atom. The van der Waals surface area contributed by atoms with Crippen LogP contribution in [-0.4, -0.2) is 41.7 Å². The van der Waals surface area contributed by atoms with Crippen molar-refractivity contribution in [2.24, 2.45) is 7.05 Å². The van der Waals surface area contributed by atoms with Crippen molar-refractivity contribution in [2.45, 2.75) is 6.04 Å². The highest BCUT2D eigenvalue weighted by Gasteiger charge is 2.27. The third-order valence-electron chi connectivity index (χ3n) is 4.06. The van der Waals surface area contributed by atoms with E-state index in [1.54, 1.807) is 12.1 Å². The van der Waals surface area contributed by atoms with Crippen LogP contribution in [0.5, 0.6) is 0 Å². The number of hydrogen-bond donors (Lipinski definition) is 1. The monoisotopic (exact) mass is 333 g/mol. The highest BCUT2D eigenvalue weighted by atomic mass is 35.5. The molecule has 0 spiro atoms. The van der Waals surface area contributed by atoms with Gasteiger partial charge in [0.25, 0.3) is 0 Å². The molecule has 0 radical (unpaired) electrons. The molecule has 1 aliphatic heterocycles.